The molecule has 1 fully saturated rings. The van der Waals surface area contributed by atoms with Crippen molar-refractivity contribution in [2.75, 3.05) is 32.5 Å². The molecule has 3 heterocycles. The first-order valence-electron chi connectivity index (χ1n) is 11.9. The van der Waals surface area contributed by atoms with Gasteiger partial charge in [0.1, 0.15) is 10.8 Å². The van der Waals surface area contributed by atoms with Crippen molar-refractivity contribution < 1.29 is 24.1 Å². The van der Waals surface area contributed by atoms with Crippen LogP contribution in [0.2, 0.25) is 5.02 Å². The fourth-order valence-electron chi connectivity index (χ4n) is 4.80. The number of piperidine rings is 1. The van der Waals surface area contributed by atoms with Crippen LogP contribution in [0.5, 0.6) is 5.75 Å². The van der Waals surface area contributed by atoms with Gasteiger partial charge in [-0.1, -0.05) is 11.6 Å². The van der Waals surface area contributed by atoms with Crippen molar-refractivity contribution in [2.45, 2.75) is 30.4 Å². The molecule has 192 valence electrons. The summed E-state index contributed by atoms with van der Waals surface area (Å²) in [4.78, 5) is 22.6. The van der Waals surface area contributed by atoms with Gasteiger partial charge in [-0.15, -0.1) is 11.8 Å². The van der Waals surface area contributed by atoms with Gasteiger partial charge in [0.2, 0.25) is 0 Å². The Balaban J connectivity index is 1.37. The third kappa shape index (κ3) is 6.26. The summed E-state index contributed by atoms with van der Waals surface area (Å²) < 4.78 is 19.1. The van der Waals surface area contributed by atoms with Crippen LogP contribution in [0.1, 0.15) is 30.9 Å². The molecule has 36 heavy (non-hydrogen) atoms. The van der Waals surface area contributed by atoms with E-state index in [0.717, 1.165) is 11.9 Å². The molecule has 3 unspecified atom stereocenters. The van der Waals surface area contributed by atoms with Gasteiger partial charge in [-0.2, -0.15) is 0 Å². The van der Waals surface area contributed by atoms with E-state index in [1.165, 1.54) is 24.0 Å². The topological polar surface area (TPSA) is 95.8 Å². The largest absolute Gasteiger partial charge is 0.497 e. The second kappa shape index (κ2) is 12.2. The minimum Gasteiger partial charge on any atom is -0.497 e. The third-order valence-corrected chi connectivity index (χ3v) is 8.00. The van der Waals surface area contributed by atoms with Gasteiger partial charge < -0.3 is 19.8 Å². The predicted octanol–water partition coefficient (Wildman–Crippen LogP) is 5.06. The number of benzene rings is 1. The average Bonchev–Trinajstić information content (AvgIpc) is 2.88. The van der Waals surface area contributed by atoms with Gasteiger partial charge in [-0.05, 0) is 62.1 Å². The number of ether oxygens (including phenoxy) is 1. The normalized spacial score (nSPS) is 19.3. The molecular formula is C26H29ClFN3O4S. The number of nitrogens with zero attached hydrogens (tertiary/aromatic N) is 3. The van der Waals surface area contributed by atoms with Crippen molar-refractivity contribution in [3.05, 3.63) is 59.1 Å². The molecular weight excluding hydrogens is 505 g/mol. The van der Waals surface area contributed by atoms with Gasteiger partial charge in [0.25, 0.3) is 0 Å². The van der Waals surface area contributed by atoms with E-state index < -0.39 is 18.0 Å². The first kappa shape index (κ1) is 26.6. The molecule has 10 heteroatoms. The maximum Gasteiger partial charge on any atom is 0.308 e. The number of carboxylic acids is 1. The Bertz CT molecular complexity index is 1220. The van der Waals surface area contributed by atoms with Crippen LogP contribution in [0.3, 0.4) is 0 Å². The molecule has 3 aromatic rings. The van der Waals surface area contributed by atoms with Crippen molar-refractivity contribution in [3.63, 3.8) is 0 Å². The summed E-state index contributed by atoms with van der Waals surface area (Å²) >= 11 is 7.75. The van der Waals surface area contributed by atoms with Crippen LogP contribution in [-0.4, -0.2) is 63.5 Å². The highest BCUT2D eigenvalue weighted by atomic mass is 35.5. The van der Waals surface area contributed by atoms with Gasteiger partial charge >= 0.3 is 5.97 Å². The van der Waals surface area contributed by atoms with E-state index in [9.17, 15) is 19.4 Å². The van der Waals surface area contributed by atoms with Gasteiger partial charge in [-0.25, -0.2) is 9.37 Å². The Morgan fingerprint density at radius 2 is 2.19 bits per heavy atom. The monoisotopic (exact) mass is 533 g/mol. The standard InChI is InChI=1S/C26H29ClFN3O4S/c1-35-17-5-6-22-18(13-17)24(20(27)14-30-22)23(32)7-4-16-8-10-31(15-19(16)26(33)34)11-12-36-25-21(28)3-2-9-29-25/h2-3,5-6,9,13-14,16,19,23,32H,4,7-8,10-12,15H2,1H3,(H,33,34). The van der Waals surface area contributed by atoms with E-state index in [1.807, 2.05) is 6.07 Å². The Labute approximate surface area is 218 Å². The number of thioether (sulfide) groups is 1. The number of hydrogen-bond acceptors (Lipinski definition) is 7. The number of carboxylic acid groups (broad SMARTS) is 1. The summed E-state index contributed by atoms with van der Waals surface area (Å²) in [5, 5.41) is 22.4. The lowest BCUT2D eigenvalue weighted by Gasteiger charge is -2.37. The molecule has 1 aromatic carbocycles. The first-order valence-corrected chi connectivity index (χ1v) is 13.2. The molecule has 3 atom stereocenters. The zero-order valence-electron chi connectivity index (χ0n) is 19.9. The number of methoxy groups -OCH3 is 1. The van der Waals surface area contributed by atoms with Crippen LogP contribution in [0.4, 0.5) is 4.39 Å². The molecule has 2 N–H and O–H groups in total. The van der Waals surface area contributed by atoms with Crippen LogP contribution in [0, 0.1) is 17.7 Å². The number of aliphatic hydroxyl groups excluding tert-OH is 1. The number of carbonyl (C=O) groups is 1. The van der Waals surface area contributed by atoms with Crippen LogP contribution >= 0.6 is 23.4 Å². The molecule has 4 rings (SSSR count). The van der Waals surface area contributed by atoms with E-state index in [2.05, 4.69) is 14.9 Å². The number of likely N-dealkylation sites (tertiary alicyclic amines) is 1. The minimum atomic E-state index is -0.854. The summed E-state index contributed by atoms with van der Waals surface area (Å²) in [7, 11) is 1.57. The summed E-state index contributed by atoms with van der Waals surface area (Å²) in [6.45, 7) is 1.84. The summed E-state index contributed by atoms with van der Waals surface area (Å²) in [6.07, 6.45) is 3.90. The minimum absolute atomic E-state index is 0.0595. The molecule has 0 bridgehead atoms. The van der Waals surface area contributed by atoms with Gasteiger partial charge in [-0.3, -0.25) is 9.78 Å². The van der Waals surface area contributed by atoms with Crippen LogP contribution in [-0.2, 0) is 4.79 Å². The number of fused-ring (bicyclic) bond motifs is 1. The maximum atomic E-state index is 13.8. The number of aromatic nitrogens is 2. The number of aliphatic hydroxyl groups is 1. The lowest BCUT2D eigenvalue weighted by molar-refractivity contribution is -0.146. The number of rotatable bonds is 10. The Morgan fingerprint density at radius 1 is 1.36 bits per heavy atom. The highest BCUT2D eigenvalue weighted by Gasteiger charge is 2.34. The average molecular weight is 534 g/mol. The van der Waals surface area contributed by atoms with Crippen molar-refractivity contribution in [1.29, 1.82) is 0 Å². The van der Waals surface area contributed by atoms with E-state index in [-0.39, 0.29) is 11.7 Å². The molecule has 0 spiro atoms. The molecule has 2 aromatic heterocycles. The fourth-order valence-corrected chi connectivity index (χ4v) is 5.96. The Hall–Kier alpha value is -2.46. The molecule has 1 aliphatic heterocycles. The summed E-state index contributed by atoms with van der Waals surface area (Å²) in [5.74, 6) is -0.505. The third-order valence-electron chi connectivity index (χ3n) is 6.74. The molecule has 0 radical (unpaired) electrons. The maximum absolute atomic E-state index is 13.8. The molecule has 0 amide bonds. The lowest BCUT2D eigenvalue weighted by Crippen LogP contribution is -2.44. The number of halogens is 2. The quantitative estimate of drug-likeness (QED) is 0.349. The Morgan fingerprint density at radius 3 is 2.94 bits per heavy atom. The Kier molecular flexibility index (Phi) is 9.00. The predicted molar refractivity (Wildman–Crippen MR) is 138 cm³/mol. The second-order valence-electron chi connectivity index (χ2n) is 8.93. The highest BCUT2D eigenvalue weighted by molar-refractivity contribution is 7.99. The lowest BCUT2D eigenvalue weighted by atomic mass is 9.81. The van der Waals surface area contributed by atoms with Crippen LogP contribution in [0.15, 0.2) is 47.8 Å². The van der Waals surface area contributed by atoms with Gasteiger partial charge in [0.15, 0.2) is 5.82 Å². The number of hydrogen-bond donors (Lipinski definition) is 2. The van der Waals surface area contributed by atoms with Crippen molar-refractivity contribution in [2.24, 2.45) is 11.8 Å². The second-order valence-corrected chi connectivity index (χ2v) is 10.4. The summed E-state index contributed by atoms with van der Waals surface area (Å²) in [6, 6.07) is 8.36. The number of aliphatic carboxylic acids is 1. The van der Waals surface area contributed by atoms with E-state index in [1.54, 1.807) is 31.5 Å². The highest BCUT2D eigenvalue weighted by Crippen LogP contribution is 2.37. The van der Waals surface area contributed by atoms with E-state index >= 15 is 0 Å². The van der Waals surface area contributed by atoms with Crippen LogP contribution in [0.25, 0.3) is 10.9 Å². The van der Waals surface area contributed by atoms with Crippen molar-refractivity contribution >= 4 is 40.2 Å². The zero-order valence-corrected chi connectivity index (χ0v) is 21.5. The zero-order chi connectivity index (χ0) is 25.7. The fraction of sp³-hybridized carbons (Fsp3) is 0.423. The van der Waals surface area contributed by atoms with Crippen molar-refractivity contribution in [3.8, 4) is 5.75 Å². The SMILES string of the molecule is COc1ccc2ncc(Cl)c(C(O)CCC3CCN(CCSc4ncccc4F)CC3C(=O)O)c2c1. The molecule has 0 saturated carbocycles. The first-order chi connectivity index (χ1) is 17.4. The van der Waals surface area contributed by atoms with Crippen molar-refractivity contribution in [1.82, 2.24) is 14.9 Å². The van der Waals surface area contributed by atoms with Crippen LogP contribution < -0.4 is 4.74 Å². The molecule has 7 nitrogen and oxygen atoms in total. The van der Waals surface area contributed by atoms with E-state index in [4.69, 9.17) is 16.3 Å². The molecule has 0 aliphatic carbocycles. The van der Waals surface area contributed by atoms with Gasteiger partial charge in [0, 0.05) is 42.2 Å². The van der Waals surface area contributed by atoms with Gasteiger partial charge in [0.05, 0.1) is 29.7 Å². The summed E-state index contributed by atoms with van der Waals surface area (Å²) in [5.41, 5.74) is 1.29. The van der Waals surface area contributed by atoms with E-state index in [0.29, 0.717) is 65.0 Å². The smallest absolute Gasteiger partial charge is 0.308 e. The molecule has 1 saturated heterocycles. The number of pyridine rings is 2. The molecule has 1 aliphatic rings.